The first-order chi connectivity index (χ1) is 26.6. The standard InChI is InChI=1S/C26H32N4O23P4/c31-16-6-8-29(25(35)27-16)23-20(34)19(33)14(47-23)11-45-54(37,38)51-56(41,42)53-57(43,44)52-55(39,40)46-12-15-21-22(24(48-15)30-9-7-17(32)28-26(30)36)50-18(49-21)10-13-4-2-1-3-5-13/h1-9,14-15,18-24,33-34H,10-12H2,(H,37,38)(H,39,40)(H,41,42)(H,43,44)(H,27,31,35)(H,28,32,36)/t14-,15-,18?,19-,20-,21?,22?,23-,24-/m1/s1. The van der Waals surface area contributed by atoms with Crippen molar-refractivity contribution in [3.05, 3.63) is 102 Å². The monoisotopic (exact) mass is 892 g/mol. The second-order valence-corrected chi connectivity index (χ2v) is 18.4. The van der Waals surface area contributed by atoms with Gasteiger partial charge in [0.2, 0.25) is 0 Å². The number of benzene rings is 1. The lowest BCUT2D eigenvalue weighted by molar-refractivity contribution is -0.150. The molecule has 3 aliphatic heterocycles. The molecule has 7 unspecified atom stereocenters. The number of hydrogen-bond donors (Lipinski definition) is 8. The van der Waals surface area contributed by atoms with Crippen LogP contribution >= 0.6 is 31.3 Å². The lowest BCUT2D eigenvalue weighted by Crippen LogP contribution is -2.37. The number of aliphatic hydroxyl groups is 2. The number of rotatable bonds is 16. The van der Waals surface area contributed by atoms with Gasteiger partial charge in [-0.25, -0.2) is 27.8 Å². The molecule has 6 rings (SSSR count). The fraction of sp³-hybridized carbons (Fsp3) is 0.462. The number of phosphoric ester groups is 2. The molecule has 0 saturated carbocycles. The molecule has 0 spiro atoms. The lowest BCUT2D eigenvalue weighted by atomic mass is 10.1. The van der Waals surface area contributed by atoms with Crippen LogP contribution in [-0.4, -0.2) is 105 Å². The SMILES string of the molecule is O=c1ccn([C@@H]2O[C@H](COP(=O)(O)OP(=O)(O)OP(=O)(O)OP(=O)(O)OC[C@H]3O[C@@H](n4ccc(=O)[nH]c4=O)[C@H](O)[C@@H]3O)C3OC(Cc4ccccc4)OC32)c(=O)[nH]1. The van der Waals surface area contributed by atoms with Gasteiger partial charge in [-0.2, -0.15) is 12.9 Å². The number of phosphoric acid groups is 4. The van der Waals surface area contributed by atoms with Crippen LogP contribution in [0.15, 0.2) is 74.0 Å². The van der Waals surface area contributed by atoms with Gasteiger partial charge in [-0.05, 0) is 5.56 Å². The number of aromatic nitrogens is 4. The summed E-state index contributed by atoms with van der Waals surface area (Å²) in [7, 11) is -24.1. The number of fused-ring (bicyclic) bond motifs is 1. The first-order valence-corrected chi connectivity index (χ1v) is 22.0. The number of ether oxygens (including phenoxy) is 4. The Morgan fingerprint density at radius 3 is 1.61 bits per heavy atom. The molecule has 3 fully saturated rings. The van der Waals surface area contributed by atoms with Gasteiger partial charge in [0.25, 0.3) is 11.1 Å². The van der Waals surface area contributed by atoms with Crippen LogP contribution in [0.1, 0.15) is 18.0 Å². The molecule has 2 aromatic heterocycles. The summed E-state index contributed by atoms with van der Waals surface area (Å²) in [6, 6.07) is 10.8. The summed E-state index contributed by atoms with van der Waals surface area (Å²) >= 11 is 0. The molecule has 3 saturated heterocycles. The summed E-state index contributed by atoms with van der Waals surface area (Å²) in [5.41, 5.74) is -2.72. The Hall–Kier alpha value is -3.10. The molecule has 1 aromatic carbocycles. The molecule has 314 valence electrons. The lowest BCUT2D eigenvalue weighted by Gasteiger charge is -2.23. The number of aliphatic hydroxyl groups excluding tert-OH is 2. The van der Waals surface area contributed by atoms with Gasteiger partial charge in [0.15, 0.2) is 18.7 Å². The first kappa shape index (κ1) is 43.5. The zero-order chi connectivity index (χ0) is 41.5. The zero-order valence-electron chi connectivity index (χ0n) is 28.3. The molecule has 0 radical (unpaired) electrons. The van der Waals surface area contributed by atoms with E-state index in [0.29, 0.717) is 4.57 Å². The zero-order valence-corrected chi connectivity index (χ0v) is 31.9. The van der Waals surface area contributed by atoms with Crippen LogP contribution in [0.4, 0.5) is 0 Å². The van der Waals surface area contributed by atoms with Crippen molar-refractivity contribution in [1.29, 1.82) is 0 Å². The quantitative estimate of drug-likeness (QED) is 0.0754. The van der Waals surface area contributed by atoms with Crippen molar-refractivity contribution in [3.8, 4) is 0 Å². The summed E-state index contributed by atoms with van der Waals surface area (Å²) in [6.45, 7) is -2.18. The topological polar surface area (TPSA) is 382 Å². The minimum Gasteiger partial charge on any atom is -0.387 e. The van der Waals surface area contributed by atoms with Crippen LogP contribution in [-0.2, 0) is 65.6 Å². The highest BCUT2D eigenvalue weighted by molar-refractivity contribution is 7.69. The molecule has 0 aliphatic carbocycles. The van der Waals surface area contributed by atoms with E-state index in [0.717, 1.165) is 34.7 Å². The second kappa shape index (κ2) is 16.9. The number of nitrogens with one attached hydrogen (secondary N) is 2. The van der Waals surface area contributed by atoms with Crippen molar-refractivity contribution in [3.63, 3.8) is 0 Å². The highest BCUT2D eigenvalue weighted by atomic mass is 31.3. The third-order valence-electron chi connectivity index (χ3n) is 8.16. The maximum absolute atomic E-state index is 12.7. The van der Waals surface area contributed by atoms with Gasteiger partial charge in [0.05, 0.1) is 13.2 Å². The summed E-state index contributed by atoms with van der Waals surface area (Å²) < 4.78 is 95.5. The number of H-pyrrole nitrogens is 2. The molecule has 31 heteroatoms. The van der Waals surface area contributed by atoms with Gasteiger partial charge in [-0.3, -0.25) is 37.7 Å². The predicted octanol–water partition coefficient (Wildman–Crippen LogP) is -1.56. The van der Waals surface area contributed by atoms with Crippen LogP contribution < -0.4 is 22.5 Å². The summed E-state index contributed by atoms with van der Waals surface area (Å²) in [5, 5.41) is 20.5. The van der Waals surface area contributed by atoms with E-state index in [1.165, 1.54) is 0 Å². The van der Waals surface area contributed by atoms with E-state index in [4.69, 9.17) is 23.5 Å². The smallest absolute Gasteiger partial charge is 0.387 e. The maximum atomic E-state index is 12.7. The van der Waals surface area contributed by atoms with E-state index in [9.17, 15) is 67.2 Å². The predicted molar refractivity (Wildman–Crippen MR) is 181 cm³/mol. The summed E-state index contributed by atoms with van der Waals surface area (Å²) in [6.07, 6.45) is -10.8. The normalized spacial score (nSPS) is 31.5. The Balaban J connectivity index is 1.05. The average molecular weight is 892 g/mol. The third kappa shape index (κ3) is 10.8. The van der Waals surface area contributed by atoms with E-state index in [-0.39, 0.29) is 6.42 Å². The molecule has 27 nitrogen and oxygen atoms in total. The van der Waals surface area contributed by atoms with Gasteiger partial charge in [-0.1, -0.05) is 30.3 Å². The van der Waals surface area contributed by atoms with Gasteiger partial charge in [0.1, 0.15) is 36.6 Å². The average Bonchev–Trinajstić information content (AvgIpc) is 3.73. The van der Waals surface area contributed by atoms with E-state index in [1.54, 1.807) is 30.3 Å². The molecule has 5 heterocycles. The first-order valence-electron chi connectivity index (χ1n) is 16.0. The number of aromatic amines is 2. The van der Waals surface area contributed by atoms with Gasteiger partial charge in [-0.15, -0.1) is 0 Å². The molecule has 0 bridgehead atoms. The van der Waals surface area contributed by atoms with E-state index >= 15 is 0 Å². The highest BCUT2D eigenvalue weighted by Gasteiger charge is 2.55. The molecule has 3 aliphatic rings. The minimum atomic E-state index is -6.24. The van der Waals surface area contributed by atoms with E-state index in [1.807, 2.05) is 9.97 Å². The Labute approximate surface area is 316 Å². The van der Waals surface area contributed by atoms with E-state index in [2.05, 4.69) is 17.5 Å². The molecule has 13 atom stereocenters. The highest BCUT2D eigenvalue weighted by Crippen LogP contribution is 2.71. The Morgan fingerprint density at radius 2 is 1.07 bits per heavy atom. The van der Waals surface area contributed by atoms with Crippen molar-refractivity contribution >= 4 is 31.3 Å². The van der Waals surface area contributed by atoms with Crippen molar-refractivity contribution in [2.45, 2.75) is 61.8 Å². The summed E-state index contributed by atoms with van der Waals surface area (Å²) in [5.74, 6) is 0. The molecule has 3 aromatic rings. The van der Waals surface area contributed by atoms with Crippen LogP contribution in [0.25, 0.3) is 0 Å². The van der Waals surface area contributed by atoms with Gasteiger partial charge in [0, 0.05) is 30.9 Å². The Morgan fingerprint density at radius 1 is 0.596 bits per heavy atom. The fourth-order valence-electron chi connectivity index (χ4n) is 5.82. The van der Waals surface area contributed by atoms with Crippen LogP contribution in [0.2, 0.25) is 0 Å². The molecule has 0 amide bonds. The number of hydrogen-bond acceptors (Lipinski definition) is 19. The number of nitrogens with zero attached hydrogens (tertiary/aromatic N) is 2. The van der Waals surface area contributed by atoms with Crippen molar-refractivity contribution < 1.29 is 89.0 Å². The molecular weight excluding hydrogens is 860 g/mol. The van der Waals surface area contributed by atoms with Crippen LogP contribution in [0.5, 0.6) is 0 Å². The molecular formula is C26H32N4O23P4. The summed E-state index contributed by atoms with van der Waals surface area (Å²) in [4.78, 5) is 91.5. The van der Waals surface area contributed by atoms with Gasteiger partial charge < -0.3 is 48.7 Å². The fourth-order valence-corrected chi connectivity index (χ4v) is 10.8. The maximum Gasteiger partial charge on any atom is 0.490 e. The Kier molecular flexibility index (Phi) is 12.9. The van der Waals surface area contributed by atoms with Crippen molar-refractivity contribution in [2.75, 3.05) is 13.2 Å². The molecule has 8 N–H and O–H groups in total. The van der Waals surface area contributed by atoms with Crippen LogP contribution in [0, 0.1) is 0 Å². The third-order valence-corrected chi connectivity index (χ3v) is 14.1. The minimum absolute atomic E-state index is 0.205. The molecule has 57 heavy (non-hydrogen) atoms. The van der Waals surface area contributed by atoms with Crippen molar-refractivity contribution in [1.82, 2.24) is 19.1 Å². The van der Waals surface area contributed by atoms with E-state index < -0.39 is 122 Å². The van der Waals surface area contributed by atoms with Gasteiger partial charge >= 0.3 is 42.7 Å². The largest absolute Gasteiger partial charge is 0.490 e. The second-order valence-electron chi connectivity index (χ2n) is 12.2. The Bertz CT molecular complexity index is 2370. The van der Waals surface area contributed by atoms with Crippen LogP contribution in [0.3, 0.4) is 0 Å². The van der Waals surface area contributed by atoms with Crippen molar-refractivity contribution in [2.24, 2.45) is 0 Å².